The maximum Gasteiger partial charge on any atom is 0.110 e. The number of thiocarbonyl (C=S) groups is 1. The first-order valence-electron chi connectivity index (χ1n) is 2.98. The monoisotopic (exact) mass is 146 g/mol. The lowest BCUT2D eigenvalue weighted by molar-refractivity contribution is 1.56. The molecule has 0 fully saturated rings. The van der Waals surface area contributed by atoms with E-state index in [-0.39, 0.29) is 0 Å². The molecule has 10 heavy (non-hydrogen) atoms. The molecule has 0 aliphatic carbocycles. The average Bonchev–Trinajstić information content (AvgIpc) is 2.34. The van der Waals surface area contributed by atoms with Crippen molar-refractivity contribution in [2.24, 2.45) is 4.99 Å². The van der Waals surface area contributed by atoms with Crippen LogP contribution in [0.15, 0.2) is 29.3 Å². The summed E-state index contributed by atoms with van der Waals surface area (Å²) in [5, 5.41) is 0. The molecule has 47 valence electrons. The molecule has 1 nitrogen and oxygen atoms in total. The lowest BCUT2D eigenvalue weighted by atomic mass is 10.2. The standard InChI is InChI=1S/C8H4NS/c10-8-5-9-7-4-2-1-3-6(7)8/h1-4H. The van der Waals surface area contributed by atoms with Crippen molar-refractivity contribution < 1.29 is 0 Å². The number of hydrogen-bond acceptors (Lipinski definition) is 2. The van der Waals surface area contributed by atoms with Crippen LogP contribution < -0.4 is 0 Å². The number of benzene rings is 1. The SMILES string of the molecule is S=C1[C]=Nc2ccccc21. The maximum atomic E-state index is 4.97. The van der Waals surface area contributed by atoms with Gasteiger partial charge in [-0.1, -0.05) is 30.4 Å². The zero-order valence-corrected chi connectivity index (χ0v) is 5.98. The van der Waals surface area contributed by atoms with Gasteiger partial charge in [0.1, 0.15) is 6.21 Å². The van der Waals surface area contributed by atoms with Crippen molar-refractivity contribution in [1.82, 2.24) is 0 Å². The Hall–Kier alpha value is -1.02. The van der Waals surface area contributed by atoms with Gasteiger partial charge in [0.2, 0.25) is 0 Å². The molecule has 0 unspecified atom stereocenters. The summed E-state index contributed by atoms with van der Waals surface area (Å²) in [5.74, 6) is 0. The van der Waals surface area contributed by atoms with Crippen LogP contribution in [0.3, 0.4) is 0 Å². The molecule has 1 aromatic rings. The van der Waals surface area contributed by atoms with E-state index in [9.17, 15) is 0 Å². The fourth-order valence-corrected chi connectivity index (χ4v) is 1.15. The summed E-state index contributed by atoms with van der Waals surface area (Å²) in [6.45, 7) is 0. The van der Waals surface area contributed by atoms with Crippen LogP contribution in [-0.4, -0.2) is 11.1 Å². The van der Waals surface area contributed by atoms with E-state index in [0.717, 1.165) is 16.1 Å². The fourth-order valence-electron chi connectivity index (χ4n) is 0.934. The zero-order valence-electron chi connectivity index (χ0n) is 5.16. The van der Waals surface area contributed by atoms with Gasteiger partial charge in [0.15, 0.2) is 0 Å². The van der Waals surface area contributed by atoms with Gasteiger partial charge in [-0.3, -0.25) is 0 Å². The lowest BCUT2D eigenvalue weighted by Gasteiger charge is -1.92. The summed E-state index contributed by atoms with van der Waals surface area (Å²) in [4.78, 5) is 4.71. The van der Waals surface area contributed by atoms with Crippen LogP contribution in [-0.2, 0) is 0 Å². The fraction of sp³-hybridized carbons (Fsp3) is 0. The van der Waals surface area contributed by atoms with E-state index >= 15 is 0 Å². The Morgan fingerprint density at radius 2 is 2.10 bits per heavy atom. The number of fused-ring (bicyclic) bond motifs is 1. The summed E-state index contributed by atoms with van der Waals surface area (Å²) < 4.78 is 0. The molecule has 1 radical (unpaired) electrons. The van der Waals surface area contributed by atoms with Crippen molar-refractivity contribution in [2.45, 2.75) is 0 Å². The van der Waals surface area contributed by atoms with Crippen molar-refractivity contribution in [3.63, 3.8) is 0 Å². The highest BCUT2D eigenvalue weighted by Crippen LogP contribution is 2.23. The van der Waals surface area contributed by atoms with Gasteiger partial charge >= 0.3 is 0 Å². The van der Waals surface area contributed by atoms with E-state index in [1.165, 1.54) is 0 Å². The number of para-hydroxylation sites is 1. The highest BCUT2D eigenvalue weighted by molar-refractivity contribution is 7.82. The molecule has 1 aromatic carbocycles. The van der Waals surface area contributed by atoms with Gasteiger partial charge in [-0.15, -0.1) is 0 Å². The largest absolute Gasteiger partial charge is 0.244 e. The smallest absolute Gasteiger partial charge is 0.110 e. The quantitative estimate of drug-likeness (QED) is 0.510. The predicted molar refractivity (Wildman–Crippen MR) is 45.2 cm³/mol. The molecular weight excluding hydrogens is 142 g/mol. The molecule has 0 spiro atoms. The van der Waals surface area contributed by atoms with Crippen molar-refractivity contribution in [3.8, 4) is 0 Å². The second-order valence-electron chi connectivity index (χ2n) is 2.07. The molecule has 0 N–H and O–H groups in total. The predicted octanol–water partition coefficient (Wildman–Crippen LogP) is 2.00. The average molecular weight is 146 g/mol. The number of aliphatic imine (C=N–C) groups is 1. The van der Waals surface area contributed by atoms with E-state index in [0.29, 0.717) is 0 Å². The molecule has 0 amide bonds. The third kappa shape index (κ3) is 0.693. The molecule has 1 aliphatic heterocycles. The van der Waals surface area contributed by atoms with E-state index in [1.54, 1.807) is 0 Å². The third-order valence-corrected chi connectivity index (χ3v) is 1.74. The van der Waals surface area contributed by atoms with Crippen LogP contribution in [0.5, 0.6) is 0 Å². The topological polar surface area (TPSA) is 12.4 Å². The molecule has 2 heteroatoms. The number of hydrogen-bond donors (Lipinski definition) is 0. The van der Waals surface area contributed by atoms with Gasteiger partial charge in [-0.2, -0.15) is 0 Å². The maximum absolute atomic E-state index is 4.97. The summed E-state index contributed by atoms with van der Waals surface area (Å²) >= 11 is 4.97. The van der Waals surface area contributed by atoms with Crippen molar-refractivity contribution in [3.05, 3.63) is 29.8 Å². The van der Waals surface area contributed by atoms with Crippen molar-refractivity contribution >= 4 is 29.0 Å². The minimum atomic E-state index is 0.718. The molecule has 0 atom stereocenters. The zero-order chi connectivity index (χ0) is 6.97. The van der Waals surface area contributed by atoms with Crippen molar-refractivity contribution in [2.75, 3.05) is 0 Å². The van der Waals surface area contributed by atoms with E-state index in [1.807, 2.05) is 24.3 Å². The van der Waals surface area contributed by atoms with Crippen LogP contribution >= 0.6 is 12.2 Å². The first-order chi connectivity index (χ1) is 4.88. The first kappa shape index (κ1) is 5.74. The van der Waals surface area contributed by atoms with Crippen molar-refractivity contribution in [1.29, 1.82) is 0 Å². The minimum Gasteiger partial charge on any atom is -0.244 e. The summed E-state index contributed by atoms with van der Waals surface area (Å²) in [6.07, 6.45) is 2.74. The lowest BCUT2D eigenvalue weighted by Crippen LogP contribution is -1.90. The van der Waals surface area contributed by atoms with E-state index < -0.39 is 0 Å². The Morgan fingerprint density at radius 3 is 2.90 bits per heavy atom. The second-order valence-corrected chi connectivity index (χ2v) is 2.48. The Labute approximate surface area is 64.4 Å². The number of nitrogens with zero attached hydrogens (tertiary/aromatic N) is 1. The molecule has 0 saturated carbocycles. The van der Waals surface area contributed by atoms with Gasteiger partial charge in [-0.05, 0) is 6.07 Å². The Kier molecular flexibility index (Phi) is 1.14. The minimum absolute atomic E-state index is 0.718. The van der Waals surface area contributed by atoms with Crippen LogP contribution in [0.25, 0.3) is 0 Å². The van der Waals surface area contributed by atoms with Gasteiger partial charge < -0.3 is 0 Å². The Balaban J connectivity index is 2.70. The summed E-state index contributed by atoms with van der Waals surface area (Å²) in [5.41, 5.74) is 1.96. The highest BCUT2D eigenvalue weighted by atomic mass is 32.1. The second kappa shape index (κ2) is 1.99. The van der Waals surface area contributed by atoms with Gasteiger partial charge in [-0.25, -0.2) is 4.99 Å². The van der Waals surface area contributed by atoms with Crippen LogP contribution in [0.4, 0.5) is 5.69 Å². The normalized spacial score (nSPS) is 13.8. The first-order valence-corrected chi connectivity index (χ1v) is 3.39. The molecule has 2 rings (SSSR count). The molecule has 0 aromatic heterocycles. The van der Waals surface area contributed by atoms with E-state index in [2.05, 4.69) is 11.2 Å². The van der Waals surface area contributed by atoms with Crippen LogP contribution in [0.2, 0.25) is 0 Å². The Morgan fingerprint density at radius 1 is 1.30 bits per heavy atom. The molecular formula is C8H4NS. The van der Waals surface area contributed by atoms with Gasteiger partial charge in [0, 0.05) is 5.56 Å². The third-order valence-electron chi connectivity index (χ3n) is 1.43. The summed E-state index contributed by atoms with van der Waals surface area (Å²) in [6, 6.07) is 7.79. The molecule has 1 aliphatic rings. The van der Waals surface area contributed by atoms with E-state index in [4.69, 9.17) is 12.2 Å². The van der Waals surface area contributed by atoms with Crippen LogP contribution in [0, 0.1) is 0 Å². The Bertz CT molecular complexity index is 315. The highest BCUT2D eigenvalue weighted by Gasteiger charge is 2.09. The molecule has 0 saturated heterocycles. The molecule has 1 heterocycles. The number of rotatable bonds is 0. The van der Waals surface area contributed by atoms with Gasteiger partial charge in [0.05, 0.1) is 10.6 Å². The summed E-state index contributed by atoms with van der Waals surface area (Å²) in [7, 11) is 0. The van der Waals surface area contributed by atoms with Gasteiger partial charge in [0.25, 0.3) is 0 Å². The van der Waals surface area contributed by atoms with Crippen LogP contribution in [0.1, 0.15) is 5.56 Å². The molecule has 0 bridgehead atoms.